The van der Waals surface area contributed by atoms with E-state index in [1.807, 2.05) is 30.3 Å². The zero-order valence-corrected chi connectivity index (χ0v) is 19.7. The number of amides is 1. The third kappa shape index (κ3) is 5.54. The van der Waals surface area contributed by atoms with Crippen molar-refractivity contribution in [2.45, 2.75) is 32.7 Å². The SMILES string of the molecule is Cc1ccc(CN2CCC(CNC(=O)c3ccc4nc(Cc5ccccc5)oc4c3)CC2)cc1. The first kappa shape index (κ1) is 22.4. The molecule has 0 unspecified atom stereocenters. The standard InChI is InChI=1S/C29H31N3O2/c1-21-7-9-24(10-8-21)20-32-15-13-23(14-16-32)19-30-29(33)25-11-12-26-27(18-25)34-28(31-26)17-22-5-3-2-4-6-22/h2-12,18,23H,13-17,19-20H2,1H3,(H,30,33). The highest BCUT2D eigenvalue weighted by Crippen LogP contribution is 2.21. The Morgan fingerprint density at radius 1 is 1.00 bits per heavy atom. The molecule has 5 rings (SSSR count). The van der Waals surface area contributed by atoms with Crippen LogP contribution in [0.4, 0.5) is 0 Å². The predicted octanol–water partition coefficient (Wildman–Crippen LogP) is 5.37. The highest BCUT2D eigenvalue weighted by molar-refractivity contribution is 5.97. The Morgan fingerprint density at radius 3 is 2.53 bits per heavy atom. The minimum atomic E-state index is -0.0509. The van der Waals surface area contributed by atoms with Gasteiger partial charge < -0.3 is 9.73 Å². The fourth-order valence-electron chi connectivity index (χ4n) is 4.60. The second-order valence-corrected chi connectivity index (χ2v) is 9.37. The molecule has 0 radical (unpaired) electrons. The van der Waals surface area contributed by atoms with Crippen molar-refractivity contribution < 1.29 is 9.21 Å². The summed E-state index contributed by atoms with van der Waals surface area (Å²) >= 11 is 0. The normalized spacial score (nSPS) is 15.0. The van der Waals surface area contributed by atoms with Gasteiger partial charge in [-0.15, -0.1) is 0 Å². The van der Waals surface area contributed by atoms with Crippen molar-refractivity contribution in [2.75, 3.05) is 19.6 Å². The molecule has 1 aromatic heterocycles. The Kier molecular flexibility index (Phi) is 6.72. The van der Waals surface area contributed by atoms with E-state index in [0.717, 1.165) is 43.6 Å². The molecule has 174 valence electrons. The minimum Gasteiger partial charge on any atom is -0.440 e. The molecule has 1 aliphatic rings. The van der Waals surface area contributed by atoms with Gasteiger partial charge in [0.2, 0.25) is 0 Å². The number of carbonyl (C=O) groups is 1. The van der Waals surface area contributed by atoms with Crippen molar-refractivity contribution in [1.82, 2.24) is 15.2 Å². The molecule has 0 atom stereocenters. The topological polar surface area (TPSA) is 58.4 Å². The number of hydrogen-bond acceptors (Lipinski definition) is 4. The van der Waals surface area contributed by atoms with Gasteiger partial charge in [-0.3, -0.25) is 9.69 Å². The quantitative estimate of drug-likeness (QED) is 0.409. The van der Waals surface area contributed by atoms with Gasteiger partial charge in [0.15, 0.2) is 11.5 Å². The average molecular weight is 454 g/mol. The van der Waals surface area contributed by atoms with Gasteiger partial charge in [-0.2, -0.15) is 0 Å². The van der Waals surface area contributed by atoms with E-state index in [1.54, 1.807) is 6.07 Å². The molecule has 1 fully saturated rings. The van der Waals surface area contributed by atoms with E-state index >= 15 is 0 Å². The van der Waals surface area contributed by atoms with Gasteiger partial charge in [0.1, 0.15) is 5.52 Å². The number of nitrogens with zero attached hydrogens (tertiary/aromatic N) is 2. The van der Waals surface area contributed by atoms with Gasteiger partial charge in [0.25, 0.3) is 5.91 Å². The molecule has 0 spiro atoms. The Labute approximate surface area is 200 Å². The molecule has 2 heterocycles. The van der Waals surface area contributed by atoms with Crippen LogP contribution in [-0.4, -0.2) is 35.4 Å². The molecule has 0 aliphatic carbocycles. The molecular formula is C29H31N3O2. The zero-order valence-electron chi connectivity index (χ0n) is 19.7. The van der Waals surface area contributed by atoms with Crippen LogP contribution in [0.3, 0.4) is 0 Å². The third-order valence-electron chi connectivity index (χ3n) is 6.68. The molecule has 4 aromatic rings. The molecule has 1 aliphatic heterocycles. The molecule has 1 amide bonds. The van der Waals surface area contributed by atoms with Crippen LogP contribution in [0.15, 0.2) is 77.2 Å². The molecule has 5 heteroatoms. The Balaban J connectivity index is 1.12. The van der Waals surface area contributed by atoms with Crippen LogP contribution in [-0.2, 0) is 13.0 Å². The molecule has 1 saturated heterocycles. The summed E-state index contributed by atoms with van der Waals surface area (Å²) in [5, 5.41) is 3.13. The summed E-state index contributed by atoms with van der Waals surface area (Å²) in [7, 11) is 0. The summed E-state index contributed by atoms with van der Waals surface area (Å²) in [5.74, 6) is 1.13. The number of aromatic nitrogens is 1. The number of hydrogen-bond donors (Lipinski definition) is 1. The second-order valence-electron chi connectivity index (χ2n) is 9.37. The molecule has 34 heavy (non-hydrogen) atoms. The lowest BCUT2D eigenvalue weighted by Crippen LogP contribution is -2.38. The summed E-state index contributed by atoms with van der Waals surface area (Å²) in [6.45, 7) is 5.98. The molecule has 5 nitrogen and oxygen atoms in total. The summed E-state index contributed by atoms with van der Waals surface area (Å²) in [6, 6.07) is 24.4. The lowest BCUT2D eigenvalue weighted by molar-refractivity contribution is 0.0935. The summed E-state index contributed by atoms with van der Waals surface area (Å²) in [4.78, 5) is 19.9. The van der Waals surface area contributed by atoms with Crippen LogP contribution in [0.5, 0.6) is 0 Å². The Hall–Kier alpha value is -3.44. The maximum atomic E-state index is 12.8. The summed E-state index contributed by atoms with van der Waals surface area (Å²) < 4.78 is 5.93. The van der Waals surface area contributed by atoms with E-state index < -0.39 is 0 Å². The minimum absolute atomic E-state index is 0.0509. The van der Waals surface area contributed by atoms with Crippen molar-refractivity contribution in [1.29, 1.82) is 0 Å². The average Bonchev–Trinajstić information content (AvgIpc) is 3.27. The fourth-order valence-corrected chi connectivity index (χ4v) is 4.60. The molecular weight excluding hydrogens is 422 g/mol. The lowest BCUT2D eigenvalue weighted by atomic mass is 9.96. The number of rotatable bonds is 7. The smallest absolute Gasteiger partial charge is 0.251 e. The van der Waals surface area contributed by atoms with Gasteiger partial charge in [0, 0.05) is 25.1 Å². The number of nitrogens with one attached hydrogen (secondary N) is 1. The molecule has 3 aromatic carbocycles. The summed E-state index contributed by atoms with van der Waals surface area (Å²) in [6.07, 6.45) is 2.85. The molecule has 0 bridgehead atoms. The fraction of sp³-hybridized carbons (Fsp3) is 0.310. The van der Waals surface area contributed by atoms with Crippen LogP contribution in [0.2, 0.25) is 0 Å². The largest absolute Gasteiger partial charge is 0.440 e. The van der Waals surface area contributed by atoms with E-state index in [2.05, 4.69) is 58.5 Å². The van der Waals surface area contributed by atoms with E-state index in [9.17, 15) is 4.79 Å². The van der Waals surface area contributed by atoms with Crippen LogP contribution in [0, 0.1) is 12.8 Å². The van der Waals surface area contributed by atoms with Crippen molar-refractivity contribution >= 4 is 17.0 Å². The number of piperidine rings is 1. The van der Waals surface area contributed by atoms with Gasteiger partial charge in [-0.1, -0.05) is 60.2 Å². The monoisotopic (exact) mass is 453 g/mol. The van der Waals surface area contributed by atoms with Crippen molar-refractivity contribution in [3.8, 4) is 0 Å². The lowest BCUT2D eigenvalue weighted by Gasteiger charge is -2.32. The number of benzene rings is 3. The van der Waals surface area contributed by atoms with Crippen LogP contribution >= 0.6 is 0 Å². The maximum absolute atomic E-state index is 12.8. The van der Waals surface area contributed by atoms with Gasteiger partial charge >= 0.3 is 0 Å². The highest BCUT2D eigenvalue weighted by atomic mass is 16.3. The predicted molar refractivity (Wildman–Crippen MR) is 135 cm³/mol. The number of oxazole rings is 1. The maximum Gasteiger partial charge on any atom is 0.251 e. The van der Waals surface area contributed by atoms with E-state index in [-0.39, 0.29) is 5.91 Å². The van der Waals surface area contributed by atoms with Gasteiger partial charge in [-0.25, -0.2) is 4.98 Å². The first-order chi connectivity index (χ1) is 16.6. The van der Waals surface area contributed by atoms with Crippen LogP contribution in [0.25, 0.3) is 11.1 Å². The van der Waals surface area contributed by atoms with E-state index in [0.29, 0.717) is 35.9 Å². The highest BCUT2D eigenvalue weighted by Gasteiger charge is 2.20. The first-order valence-corrected chi connectivity index (χ1v) is 12.1. The zero-order chi connectivity index (χ0) is 23.3. The van der Waals surface area contributed by atoms with Crippen LogP contribution < -0.4 is 5.32 Å². The number of carbonyl (C=O) groups excluding carboxylic acids is 1. The third-order valence-corrected chi connectivity index (χ3v) is 6.68. The van der Waals surface area contributed by atoms with E-state index in [4.69, 9.17) is 4.42 Å². The Bertz CT molecular complexity index is 1240. The van der Waals surface area contributed by atoms with Crippen molar-refractivity contribution in [3.63, 3.8) is 0 Å². The molecule has 1 N–H and O–H groups in total. The number of aryl methyl sites for hydroxylation is 1. The number of likely N-dealkylation sites (tertiary alicyclic amines) is 1. The van der Waals surface area contributed by atoms with Crippen LogP contribution in [0.1, 0.15) is 45.8 Å². The van der Waals surface area contributed by atoms with Gasteiger partial charge in [-0.05, 0) is 68.1 Å². The molecule has 0 saturated carbocycles. The van der Waals surface area contributed by atoms with E-state index in [1.165, 1.54) is 11.1 Å². The second kappa shape index (κ2) is 10.2. The summed E-state index contributed by atoms with van der Waals surface area (Å²) in [5.41, 5.74) is 5.87. The number of fused-ring (bicyclic) bond motifs is 1. The van der Waals surface area contributed by atoms with Crippen molar-refractivity contribution in [3.05, 3.63) is 101 Å². The Morgan fingerprint density at radius 2 is 1.76 bits per heavy atom. The first-order valence-electron chi connectivity index (χ1n) is 12.1. The van der Waals surface area contributed by atoms with Gasteiger partial charge in [0.05, 0.1) is 0 Å². The van der Waals surface area contributed by atoms with Crippen molar-refractivity contribution in [2.24, 2.45) is 5.92 Å².